The Morgan fingerprint density at radius 2 is 1.90 bits per heavy atom. The molecule has 1 atom stereocenters. The van der Waals surface area contributed by atoms with Crippen LogP contribution in [0.3, 0.4) is 0 Å². The monoisotopic (exact) mass is 281 g/mol. The molecular formula is C14H14F3N3. The van der Waals surface area contributed by atoms with Gasteiger partial charge in [-0.25, -0.2) is 18.2 Å². The molecule has 1 aromatic carbocycles. The highest BCUT2D eigenvalue weighted by Crippen LogP contribution is 2.29. The molecule has 3 nitrogen and oxygen atoms in total. The Morgan fingerprint density at radius 3 is 2.45 bits per heavy atom. The molecule has 0 saturated carbocycles. The van der Waals surface area contributed by atoms with Gasteiger partial charge in [-0.3, -0.25) is 0 Å². The number of pyridine rings is 1. The highest BCUT2D eigenvalue weighted by molar-refractivity contribution is 5.46. The molecule has 2 aromatic rings. The van der Waals surface area contributed by atoms with Crippen LogP contribution in [0.2, 0.25) is 0 Å². The number of nitrogens with two attached hydrogens (primary N) is 1. The zero-order chi connectivity index (χ0) is 14.7. The second kappa shape index (κ2) is 5.92. The summed E-state index contributed by atoms with van der Waals surface area (Å²) < 4.78 is 40.8. The largest absolute Gasteiger partial charge is 0.383 e. The number of nitrogens with zero attached hydrogens (tertiary/aromatic N) is 1. The van der Waals surface area contributed by atoms with Crippen molar-refractivity contribution >= 4 is 5.82 Å². The number of nitrogens with one attached hydrogen (secondary N) is 1. The van der Waals surface area contributed by atoms with E-state index in [1.807, 2.05) is 0 Å². The first-order valence-corrected chi connectivity index (χ1v) is 6.12. The van der Waals surface area contributed by atoms with Crippen molar-refractivity contribution in [1.29, 1.82) is 0 Å². The normalized spacial score (nSPS) is 12.4. The predicted octanol–water partition coefficient (Wildman–Crippen LogP) is 2.78. The molecular weight excluding hydrogens is 267 g/mol. The number of nitrogen functional groups attached to an aromatic ring is 1. The third-order valence-electron chi connectivity index (χ3n) is 2.92. The molecule has 106 valence electrons. The fraction of sp³-hybridized carbons (Fsp3) is 0.214. The number of anilines is 1. The van der Waals surface area contributed by atoms with Crippen molar-refractivity contribution in [3.63, 3.8) is 0 Å². The third kappa shape index (κ3) is 2.75. The fourth-order valence-corrected chi connectivity index (χ4v) is 2.07. The number of halogens is 3. The summed E-state index contributed by atoms with van der Waals surface area (Å²) in [6, 6.07) is 3.71. The van der Waals surface area contributed by atoms with Gasteiger partial charge in [-0.1, -0.05) is 13.0 Å². The van der Waals surface area contributed by atoms with Crippen molar-refractivity contribution in [3.05, 3.63) is 59.0 Å². The maximum atomic E-state index is 13.9. The molecule has 0 amide bonds. The van der Waals surface area contributed by atoms with Gasteiger partial charge < -0.3 is 11.1 Å². The van der Waals surface area contributed by atoms with E-state index in [-0.39, 0.29) is 11.4 Å². The van der Waals surface area contributed by atoms with E-state index in [9.17, 15) is 13.2 Å². The molecule has 6 heteroatoms. The summed E-state index contributed by atoms with van der Waals surface area (Å²) in [5.74, 6) is -2.71. The SMILES string of the molecule is CCNC(c1cccnc1N)c1c(F)cc(F)cc1F. The number of hydrogen-bond acceptors (Lipinski definition) is 3. The molecule has 1 unspecified atom stereocenters. The Labute approximate surface area is 114 Å². The summed E-state index contributed by atoms with van der Waals surface area (Å²) in [5, 5.41) is 2.93. The molecule has 20 heavy (non-hydrogen) atoms. The van der Waals surface area contributed by atoms with Gasteiger partial charge in [-0.05, 0) is 12.6 Å². The van der Waals surface area contributed by atoms with E-state index >= 15 is 0 Å². The van der Waals surface area contributed by atoms with E-state index in [0.717, 1.165) is 0 Å². The minimum atomic E-state index is -0.961. The van der Waals surface area contributed by atoms with Crippen molar-refractivity contribution < 1.29 is 13.2 Å². The van der Waals surface area contributed by atoms with E-state index in [1.54, 1.807) is 19.1 Å². The molecule has 1 aromatic heterocycles. The van der Waals surface area contributed by atoms with Crippen LogP contribution in [0.4, 0.5) is 19.0 Å². The minimum absolute atomic E-state index is 0.168. The Morgan fingerprint density at radius 1 is 1.25 bits per heavy atom. The summed E-state index contributed by atoms with van der Waals surface area (Å²) in [5.41, 5.74) is 5.92. The molecule has 3 N–H and O–H groups in total. The van der Waals surface area contributed by atoms with Gasteiger partial charge in [-0.15, -0.1) is 0 Å². The Kier molecular flexibility index (Phi) is 4.24. The van der Waals surface area contributed by atoms with Crippen LogP contribution in [-0.2, 0) is 0 Å². The van der Waals surface area contributed by atoms with Crippen LogP contribution in [0, 0.1) is 17.5 Å². The summed E-state index contributed by atoms with van der Waals surface area (Å²) in [6.07, 6.45) is 1.49. The Hall–Kier alpha value is -2.08. The van der Waals surface area contributed by atoms with Gasteiger partial charge in [-0.2, -0.15) is 0 Å². The molecule has 2 rings (SSSR count). The van der Waals surface area contributed by atoms with Crippen LogP contribution in [0.15, 0.2) is 30.5 Å². The van der Waals surface area contributed by atoms with Gasteiger partial charge in [0.1, 0.15) is 23.3 Å². The highest BCUT2D eigenvalue weighted by atomic mass is 19.1. The average molecular weight is 281 g/mol. The molecule has 0 aliphatic carbocycles. The first-order valence-electron chi connectivity index (χ1n) is 6.12. The lowest BCUT2D eigenvalue weighted by atomic mass is 9.98. The van der Waals surface area contributed by atoms with Crippen molar-refractivity contribution in [2.24, 2.45) is 0 Å². The lowest BCUT2D eigenvalue weighted by Crippen LogP contribution is -2.25. The van der Waals surface area contributed by atoms with E-state index in [2.05, 4.69) is 10.3 Å². The zero-order valence-corrected chi connectivity index (χ0v) is 10.8. The van der Waals surface area contributed by atoms with Crippen molar-refractivity contribution in [2.45, 2.75) is 13.0 Å². The van der Waals surface area contributed by atoms with E-state index in [1.165, 1.54) is 6.20 Å². The van der Waals surface area contributed by atoms with Crippen LogP contribution in [0.5, 0.6) is 0 Å². The second-order valence-electron chi connectivity index (χ2n) is 4.25. The first-order chi connectivity index (χ1) is 9.54. The van der Waals surface area contributed by atoms with Crippen molar-refractivity contribution in [2.75, 3.05) is 12.3 Å². The van der Waals surface area contributed by atoms with Crippen molar-refractivity contribution in [1.82, 2.24) is 10.3 Å². The van der Waals surface area contributed by atoms with Crippen LogP contribution >= 0.6 is 0 Å². The molecule has 0 aliphatic heterocycles. The smallest absolute Gasteiger partial charge is 0.134 e. The average Bonchev–Trinajstić information content (AvgIpc) is 2.37. The van der Waals surface area contributed by atoms with Crippen LogP contribution in [0.1, 0.15) is 24.1 Å². The van der Waals surface area contributed by atoms with Gasteiger partial charge in [0, 0.05) is 29.5 Å². The predicted molar refractivity (Wildman–Crippen MR) is 70.5 cm³/mol. The third-order valence-corrected chi connectivity index (χ3v) is 2.92. The highest BCUT2D eigenvalue weighted by Gasteiger charge is 2.24. The quantitative estimate of drug-likeness (QED) is 0.906. The summed E-state index contributed by atoms with van der Waals surface area (Å²) in [4.78, 5) is 3.90. The number of rotatable bonds is 4. The van der Waals surface area contributed by atoms with Crippen molar-refractivity contribution in [3.8, 4) is 0 Å². The summed E-state index contributed by atoms with van der Waals surface area (Å²) in [6.45, 7) is 2.24. The van der Waals surface area contributed by atoms with Gasteiger partial charge in [0.25, 0.3) is 0 Å². The lowest BCUT2D eigenvalue weighted by Gasteiger charge is -2.21. The molecule has 0 bridgehead atoms. The maximum absolute atomic E-state index is 13.9. The summed E-state index contributed by atoms with van der Waals surface area (Å²) >= 11 is 0. The second-order valence-corrected chi connectivity index (χ2v) is 4.25. The van der Waals surface area contributed by atoms with E-state index < -0.39 is 23.5 Å². The standard InChI is InChI=1S/C14H14F3N3/c1-2-19-13(9-4-3-5-20-14(9)18)12-10(16)6-8(15)7-11(12)17/h3-7,13,19H,2H2,1H3,(H2,18,20). The van der Waals surface area contributed by atoms with E-state index in [0.29, 0.717) is 24.2 Å². The van der Waals surface area contributed by atoms with E-state index in [4.69, 9.17) is 5.73 Å². The van der Waals surface area contributed by atoms with Gasteiger partial charge >= 0.3 is 0 Å². The Bertz CT molecular complexity index is 593. The molecule has 1 heterocycles. The van der Waals surface area contributed by atoms with Crippen LogP contribution in [-0.4, -0.2) is 11.5 Å². The van der Waals surface area contributed by atoms with Gasteiger partial charge in [0.2, 0.25) is 0 Å². The molecule has 0 fully saturated rings. The molecule has 0 aliphatic rings. The van der Waals surface area contributed by atoms with Crippen LogP contribution in [0.25, 0.3) is 0 Å². The zero-order valence-electron chi connectivity index (χ0n) is 10.8. The number of hydrogen-bond donors (Lipinski definition) is 2. The van der Waals surface area contributed by atoms with Crippen LogP contribution < -0.4 is 11.1 Å². The number of aromatic nitrogens is 1. The minimum Gasteiger partial charge on any atom is -0.383 e. The number of benzene rings is 1. The lowest BCUT2D eigenvalue weighted by molar-refractivity contribution is 0.492. The molecule has 0 radical (unpaired) electrons. The molecule has 0 spiro atoms. The topological polar surface area (TPSA) is 50.9 Å². The maximum Gasteiger partial charge on any atom is 0.134 e. The molecule has 0 saturated heterocycles. The van der Waals surface area contributed by atoms with Gasteiger partial charge in [0.05, 0.1) is 6.04 Å². The Balaban J connectivity index is 2.58. The summed E-state index contributed by atoms with van der Waals surface area (Å²) in [7, 11) is 0. The first kappa shape index (κ1) is 14.3. The fourth-order valence-electron chi connectivity index (χ4n) is 2.07. The van der Waals surface area contributed by atoms with Gasteiger partial charge in [0.15, 0.2) is 0 Å².